The maximum Gasteiger partial charge on any atom is 0.337 e. The fraction of sp³-hybridized carbons (Fsp3) is 0.300. The number of methoxy groups -OCH3 is 2. The molecule has 0 aliphatic rings. The highest BCUT2D eigenvalue weighted by atomic mass is 35.5. The summed E-state index contributed by atoms with van der Waals surface area (Å²) in [5, 5.41) is 18.4. The van der Waals surface area contributed by atoms with Crippen molar-refractivity contribution < 1.29 is 24.5 Å². The van der Waals surface area contributed by atoms with Gasteiger partial charge in [0.2, 0.25) is 0 Å². The molecule has 0 aliphatic carbocycles. The van der Waals surface area contributed by atoms with Gasteiger partial charge in [0.15, 0.2) is 6.10 Å². The number of aliphatic hydroxyl groups is 1. The summed E-state index contributed by atoms with van der Waals surface area (Å²) in [7, 11) is 2.75. The lowest BCUT2D eigenvalue weighted by Gasteiger charge is -2.13. The normalized spacial score (nSPS) is 12.0. The maximum absolute atomic E-state index is 10.7. The highest BCUT2D eigenvalue weighted by molar-refractivity contribution is 6.32. The van der Waals surface area contributed by atoms with E-state index in [0.717, 1.165) is 0 Å². The molecule has 0 heterocycles. The minimum atomic E-state index is -1.68. The van der Waals surface area contributed by atoms with Gasteiger partial charge in [0, 0.05) is 11.6 Å². The van der Waals surface area contributed by atoms with Gasteiger partial charge in [0.25, 0.3) is 0 Å². The van der Waals surface area contributed by atoms with Crippen molar-refractivity contribution in [3.05, 3.63) is 22.7 Å². The highest BCUT2D eigenvalue weighted by Gasteiger charge is 2.22. The van der Waals surface area contributed by atoms with Crippen LogP contribution in [0.5, 0.6) is 11.5 Å². The molecule has 5 nitrogen and oxygen atoms in total. The lowest BCUT2D eigenvalue weighted by molar-refractivity contribution is -0.147. The summed E-state index contributed by atoms with van der Waals surface area (Å²) < 4.78 is 9.86. The molecule has 0 bridgehead atoms. The predicted molar refractivity (Wildman–Crippen MR) is 57.2 cm³/mol. The number of hydrogen-bond donors (Lipinski definition) is 2. The van der Waals surface area contributed by atoms with E-state index in [9.17, 15) is 9.90 Å². The summed E-state index contributed by atoms with van der Waals surface area (Å²) in [6.07, 6.45) is -1.68. The number of ether oxygens (including phenoxy) is 2. The SMILES string of the molecule is COc1cc(C(O)C(=O)O)c(OC)cc1Cl. The summed E-state index contributed by atoms with van der Waals surface area (Å²) in [4.78, 5) is 10.7. The molecule has 0 spiro atoms. The summed E-state index contributed by atoms with van der Waals surface area (Å²) >= 11 is 5.83. The minimum Gasteiger partial charge on any atom is -0.496 e. The number of aliphatic carboxylic acids is 1. The Kier molecular flexibility index (Phi) is 3.98. The number of benzene rings is 1. The van der Waals surface area contributed by atoms with E-state index in [1.807, 2.05) is 0 Å². The van der Waals surface area contributed by atoms with E-state index in [1.165, 1.54) is 26.4 Å². The second-order valence-electron chi connectivity index (χ2n) is 2.97. The molecule has 0 aliphatic heterocycles. The molecule has 0 saturated heterocycles. The van der Waals surface area contributed by atoms with Gasteiger partial charge >= 0.3 is 5.97 Å². The zero-order chi connectivity index (χ0) is 12.3. The molecular weight excluding hydrogens is 236 g/mol. The minimum absolute atomic E-state index is 0.0938. The molecule has 88 valence electrons. The van der Waals surface area contributed by atoms with Crippen LogP contribution in [0.4, 0.5) is 0 Å². The smallest absolute Gasteiger partial charge is 0.337 e. The number of carboxylic acids is 1. The van der Waals surface area contributed by atoms with Gasteiger partial charge in [-0.1, -0.05) is 11.6 Å². The number of carbonyl (C=O) groups is 1. The van der Waals surface area contributed by atoms with Gasteiger partial charge in [-0.3, -0.25) is 0 Å². The molecule has 0 saturated carbocycles. The molecule has 0 fully saturated rings. The number of rotatable bonds is 4. The van der Waals surface area contributed by atoms with Crippen molar-refractivity contribution in [1.29, 1.82) is 0 Å². The highest BCUT2D eigenvalue weighted by Crippen LogP contribution is 2.35. The predicted octanol–water partition coefficient (Wildman–Crippen LogP) is 1.48. The number of hydrogen-bond acceptors (Lipinski definition) is 4. The van der Waals surface area contributed by atoms with Crippen LogP contribution in [0.25, 0.3) is 0 Å². The molecule has 1 aromatic rings. The standard InChI is InChI=1S/C10H11ClO5/c1-15-7-4-6(11)8(16-2)3-5(7)9(12)10(13)14/h3-4,9,12H,1-2H3,(H,13,14). The topological polar surface area (TPSA) is 76.0 Å². The van der Waals surface area contributed by atoms with Crippen LogP contribution in [0.1, 0.15) is 11.7 Å². The Morgan fingerprint density at radius 3 is 2.31 bits per heavy atom. The van der Waals surface area contributed by atoms with E-state index >= 15 is 0 Å². The van der Waals surface area contributed by atoms with Crippen molar-refractivity contribution in [2.45, 2.75) is 6.10 Å². The van der Waals surface area contributed by atoms with Gasteiger partial charge < -0.3 is 19.7 Å². The average molecular weight is 247 g/mol. The van der Waals surface area contributed by atoms with E-state index in [-0.39, 0.29) is 22.1 Å². The molecule has 0 amide bonds. The molecule has 1 atom stereocenters. The molecule has 6 heteroatoms. The second kappa shape index (κ2) is 5.05. The van der Waals surface area contributed by atoms with Crippen molar-refractivity contribution in [1.82, 2.24) is 0 Å². The van der Waals surface area contributed by atoms with E-state index < -0.39 is 12.1 Å². The zero-order valence-corrected chi connectivity index (χ0v) is 9.49. The summed E-state index contributed by atoms with van der Waals surface area (Å²) in [6, 6.07) is 2.72. The Labute approximate surface area is 97.2 Å². The first-order chi connectivity index (χ1) is 7.51. The molecule has 16 heavy (non-hydrogen) atoms. The number of carboxylic acid groups (broad SMARTS) is 1. The Hall–Kier alpha value is -1.46. The van der Waals surface area contributed by atoms with Crippen LogP contribution in [-0.2, 0) is 4.79 Å². The molecule has 2 N–H and O–H groups in total. The Morgan fingerprint density at radius 1 is 1.31 bits per heavy atom. The van der Waals surface area contributed by atoms with E-state index in [2.05, 4.69) is 0 Å². The maximum atomic E-state index is 10.7. The second-order valence-corrected chi connectivity index (χ2v) is 3.38. The first-order valence-electron chi connectivity index (χ1n) is 4.33. The van der Waals surface area contributed by atoms with Crippen LogP contribution in [-0.4, -0.2) is 30.4 Å². The molecule has 0 aromatic heterocycles. The van der Waals surface area contributed by atoms with Crippen LogP contribution in [0.15, 0.2) is 12.1 Å². The van der Waals surface area contributed by atoms with Gasteiger partial charge in [-0.05, 0) is 6.07 Å². The summed E-state index contributed by atoms with van der Waals surface area (Å²) in [6.45, 7) is 0. The molecule has 1 unspecified atom stereocenters. The van der Waals surface area contributed by atoms with Crippen molar-refractivity contribution in [2.24, 2.45) is 0 Å². The average Bonchev–Trinajstić information content (AvgIpc) is 2.27. The van der Waals surface area contributed by atoms with Crippen molar-refractivity contribution >= 4 is 17.6 Å². The van der Waals surface area contributed by atoms with Crippen LogP contribution in [0.3, 0.4) is 0 Å². The molecule has 1 aromatic carbocycles. The lowest BCUT2D eigenvalue weighted by Crippen LogP contribution is -2.12. The Morgan fingerprint density at radius 2 is 1.88 bits per heavy atom. The van der Waals surface area contributed by atoms with Crippen LogP contribution >= 0.6 is 11.6 Å². The van der Waals surface area contributed by atoms with Gasteiger partial charge in [0.1, 0.15) is 11.5 Å². The fourth-order valence-electron chi connectivity index (χ4n) is 1.23. The van der Waals surface area contributed by atoms with Crippen LogP contribution in [0, 0.1) is 0 Å². The van der Waals surface area contributed by atoms with Crippen LogP contribution < -0.4 is 9.47 Å². The van der Waals surface area contributed by atoms with Gasteiger partial charge in [-0.25, -0.2) is 4.79 Å². The quantitative estimate of drug-likeness (QED) is 0.842. The van der Waals surface area contributed by atoms with Gasteiger partial charge in [-0.2, -0.15) is 0 Å². The molecule has 0 radical (unpaired) electrons. The third-order valence-corrected chi connectivity index (χ3v) is 2.33. The zero-order valence-electron chi connectivity index (χ0n) is 8.73. The van der Waals surface area contributed by atoms with Crippen molar-refractivity contribution in [3.63, 3.8) is 0 Å². The number of aliphatic hydroxyl groups excluding tert-OH is 1. The fourth-order valence-corrected chi connectivity index (χ4v) is 1.46. The Bertz CT molecular complexity index is 404. The molecular formula is C10H11ClO5. The van der Waals surface area contributed by atoms with Gasteiger partial charge in [-0.15, -0.1) is 0 Å². The Balaban J connectivity index is 3.29. The third kappa shape index (κ3) is 2.37. The number of halogens is 1. The first kappa shape index (κ1) is 12.6. The van der Waals surface area contributed by atoms with Crippen molar-refractivity contribution in [2.75, 3.05) is 14.2 Å². The van der Waals surface area contributed by atoms with E-state index in [0.29, 0.717) is 0 Å². The van der Waals surface area contributed by atoms with Crippen LogP contribution in [0.2, 0.25) is 5.02 Å². The van der Waals surface area contributed by atoms with Gasteiger partial charge in [0.05, 0.1) is 19.2 Å². The summed E-state index contributed by atoms with van der Waals surface area (Å²) in [5.74, 6) is -0.902. The monoisotopic (exact) mass is 246 g/mol. The van der Waals surface area contributed by atoms with E-state index in [4.69, 9.17) is 26.2 Å². The first-order valence-corrected chi connectivity index (χ1v) is 4.71. The largest absolute Gasteiger partial charge is 0.496 e. The lowest BCUT2D eigenvalue weighted by atomic mass is 10.1. The van der Waals surface area contributed by atoms with E-state index in [1.54, 1.807) is 0 Å². The van der Waals surface area contributed by atoms with Crippen molar-refractivity contribution in [3.8, 4) is 11.5 Å². The third-order valence-electron chi connectivity index (χ3n) is 2.03. The molecule has 1 rings (SSSR count). The summed E-state index contributed by atoms with van der Waals surface area (Å²) in [5.41, 5.74) is 0.0938.